The number of hydrogen-bond acceptors (Lipinski definition) is 1. The van der Waals surface area contributed by atoms with Crippen molar-refractivity contribution in [2.75, 3.05) is 0 Å². The van der Waals surface area contributed by atoms with Gasteiger partial charge < -0.3 is 0 Å². The molecule has 1 unspecified atom stereocenters. The molecule has 0 aliphatic carbocycles. The first-order chi connectivity index (χ1) is 2.64. The Morgan fingerprint density at radius 2 is 1.67 bits per heavy atom. The van der Waals surface area contributed by atoms with Crippen molar-refractivity contribution in [1.29, 1.82) is 0 Å². The smallest absolute Gasteiger partial charge is 0.209 e. The summed E-state index contributed by atoms with van der Waals surface area (Å²) in [6.45, 7) is 1.35. The average Bonchev–Trinajstić information content (AvgIpc) is 1.36. The fourth-order valence-electron chi connectivity index (χ4n) is 0. The molecule has 0 nitrogen and oxygen atoms in total. The van der Waals surface area contributed by atoms with Gasteiger partial charge in [0, 0.05) is 0 Å². The predicted octanol–water partition coefficient (Wildman–Crippen LogP) is 1.57. The molecule has 0 heterocycles. The maximum Gasteiger partial charge on any atom is 0.249 e. The van der Waals surface area contributed by atoms with Crippen LogP contribution in [-0.4, -0.2) is 11.7 Å². The van der Waals surface area contributed by atoms with Crippen molar-refractivity contribution in [2.24, 2.45) is 0 Å². The average molecular weight is 112 g/mol. The lowest BCUT2D eigenvalue weighted by Crippen LogP contribution is -2.03. The van der Waals surface area contributed by atoms with E-state index in [2.05, 4.69) is 12.6 Å². The third-order valence-corrected chi connectivity index (χ3v) is 0.590. The minimum Gasteiger partial charge on any atom is -0.209 e. The zero-order chi connectivity index (χ0) is 5.15. The van der Waals surface area contributed by atoms with Gasteiger partial charge in [0.1, 0.15) is 0 Å². The number of halogens is 2. The number of hydrogen-bond donors (Lipinski definition) is 1. The van der Waals surface area contributed by atoms with Crippen molar-refractivity contribution in [3.63, 3.8) is 0 Å². The highest BCUT2D eigenvalue weighted by Gasteiger charge is 2.06. The summed E-state index contributed by atoms with van der Waals surface area (Å²) < 4.78 is 22.2. The molecule has 0 aromatic heterocycles. The first-order valence-corrected chi connectivity index (χ1v) is 2.12. The highest BCUT2D eigenvalue weighted by atomic mass is 32.1. The lowest BCUT2D eigenvalue weighted by atomic mass is 10.5. The van der Waals surface area contributed by atoms with Crippen LogP contribution in [0.5, 0.6) is 0 Å². The van der Waals surface area contributed by atoms with Gasteiger partial charge >= 0.3 is 0 Å². The van der Waals surface area contributed by atoms with Gasteiger partial charge in [-0.15, -0.1) is 0 Å². The Morgan fingerprint density at radius 1 is 1.50 bits per heavy atom. The summed E-state index contributed by atoms with van der Waals surface area (Å²) >= 11 is 3.44. The summed E-state index contributed by atoms with van der Waals surface area (Å²) in [6, 6.07) is 0. The second kappa shape index (κ2) is 2.39. The Kier molecular flexibility index (Phi) is 2.48. The molecule has 0 rings (SSSR count). The van der Waals surface area contributed by atoms with Crippen LogP contribution < -0.4 is 0 Å². The van der Waals surface area contributed by atoms with Crippen LogP contribution in [0, 0.1) is 0 Å². The molecule has 0 fully saturated rings. The van der Waals surface area contributed by atoms with Crippen LogP contribution in [-0.2, 0) is 0 Å². The zero-order valence-corrected chi connectivity index (χ0v) is 4.25. The van der Waals surface area contributed by atoms with E-state index >= 15 is 0 Å². The van der Waals surface area contributed by atoms with E-state index in [1.165, 1.54) is 6.92 Å². The fraction of sp³-hybridized carbons (Fsp3) is 1.00. The third-order valence-electron chi connectivity index (χ3n) is 0.365. The zero-order valence-electron chi connectivity index (χ0n) is 3.36. The number of rotatable bonds is 1. The lowest BCUT2D eigenvalue weighted by Gasteiger charge is -1.96. The van der Waals surface area contributed by atoms with Gasteiger partial charge in [0.25, 0.3) is 0 Å². The Balaban J connectivity index is 2.99. The van der Waals surface area contributed by atoms with Gasteiger partial charge in [0.2, 0.25) is 6.43 Å². The molecule has 0 amide bonds. The molecule has 38 valence electrons. The molecular weight excluding hydrogens is 106 g/mol. The molecule has 0 aliphatic heterocycles. The predicted molar refractivity (Wildman–Crippen MR) is 24.5 cm³/mol. The van der Waals surface area contributed by atoms with E-state index in [-0.39, 0.29) is 0 Å². The molecular formula is C3H6F2S. The third kappa shape index (κ3) is 2.45. The summed E-state index contributed by atoms with van der Waals surface area (Å²) in [5.41, 5.74) is 0. The highest BCUT2D eigenvalue weighted by Crippen LogP contribution is 2.04. The van der Waals surface area contributed by atoms with Gasteiger partial charge in [0.05, 0.1) is 5.25 Å². The Morgan fingerprint density at radius 3 is 1.67 bits per heavy atom. The SMILES string of the molecule is CC(S)C(F)F. The normalized spacial score (nSPS) is 15.5. The van der Waals surface area contributed by atoms with E-state index in [9.17, 15) is 8.78 Å². The van der Waals surface area contributed by atoms with Crippen molar-refractivity contribution in [1.82, 2.24) is 0 Å². The van der Waals surface area contributed by atoms with Crippen molar-refractivity contribution in [3.8, 4) is 0 Å². The number of alkyl halides is 2. The van der Waals surface area contributed by atoms with Crippen LogP contribution in [0.25, 0.3) is 0 Å². The maximum atomic E-state index is 11.1. The molecule has 6 heavy (non-hydrogen) atoms. The van der Waals surface area contributed by atoms with Gasteiger partial charge in [-0.05, 0) is 6.92 Å². The number of thiol groups is 1. The van der Waals surface area contributed by atoms with Crippen LogP contribution >= 0.6 is 12.6 Å². The van der Waals surface area contributed by atoms with E-state index in [0.717, 1.165) is 0 Å². The van der Waals surface area contributed by atoms with Crippen LogP contribution in [0.3, 0.4) is 0 Å². The molecule has 0 radical (unpaired) electrons. The monoisotopic (exact) mass is 112 g/mol. The fourth-order valence-corrected chi connectivity index (χ4v) is 0. The summed E-state index contributed by atoms with van der Waals surface area (Å²) in [5, 5.41) is -0.787. The van der Waals surface area contributed by atoms with Crippen LogP contribution in [0.2, 0.25) is 0 Å². The summed E-state index contributed by atoms with van der Waals surface area (Å²) in [6.07, 6.45) is -2.28. The quantitative estimate of drug-likeness (QED) is 0.489. The van der Waals surface area contributed by atoms with E-state index in [0.29, 0.717) is 0 Å². The van der Waals surface area contributed by atoms with Crippen LogP contribution in [0.4, 0.5) is 8.78 Å². The topological polar surface area (TPSA) is 0 Å². The second-order valence-corrected chi connectivity index (χ2v) is 1.89. The Hall–Kier alpha value is 0.210. The molecule has 0 aromatic carbocycles. The van der Waals surface area contributed by atoms with E-state index in [4.69, 9.17) is 0 Å². The van der Waals surface area contributed by atoms with E-state index < -0.39 is 11.7 Å². The van der Waals surface area contributed by atoms with Gasteiger partial charge in [0.15, 0.2) is 0 Å². The molecule has 0 N–H and O–H groups in total. The molecule has 0 saturated heterocycles. The summed E-state index contributed by atoms with van der Waals surface area (Å²) in [7, 11) is 0. The van der Waals surface area contributed by atoms with Gasteiger partial charge in [-0.25, -0.2) is 8.78 Å². The van der Waals surface area contributed by atoms with Gasteiger partial charge in [-0.2, -0.15) is 12.6 Å². The largest absolute Gasteiger partial charge is 0.249 e. The lowest BCUT2D eigenvalue weighted by molar-refractivity contribution is 0.151. The molecule has 1 atom stereocenters. The molecule has 0 aliphatic rings. The van der Waals surface area contributed by atoms with Crippen molar-refractivity contribution < 1.29 is 8.78 Å². The van der Waals surface area contributed by atoms with E-state index in [1.807, 2.05) is 0 Å². The van der Waals surface area contributed by atoms with Crippen LogP contribution in [0.1, 0.15) is 6.92 Å². The second-order valence-electron chi connectivity index (χ2n) is 1.08. The first kappa shape index (κ1) is 6.21. The molecule has 3 heteroatoms. The van der Waals surface area contributed by atoms with E-state index in [1.54, 1.807) is 0 Å². The van der Waals surface area contributed by atoms with Crippen molar-refractivity contribution >= 4 is 12.6 Å². The Labute approximate surface area is 41.0 Å². The summed E-state index contributed by atoms with van der Waals surface area (Å²) in [5.74, 6) is 0. The van der Waals surface area contributed by atoms with Crippen LogP contribution in [0.15, 0.2) is 0 Å². The molecule has 0 spiro atoms. The molecule has 0 saturated carbocycles. The molecule has 0 aromatic rings. The van der Waals surface area contributed by atoms with Crippen molar-refractivity contribution in [2.45, 2.75) is 18.6 Å². The van der Waals surface area contributed by atoms with Crippen molar-refractivity contribution in [3.05, 3.63) is 0 Å². The maximum absolute atomic E-state index is 11.1. The van der Waals surface area contributed by atoms with Gasteiger partial charge in [-0.3, -0.25) is 0 Å². The Bertz CT molecular complexity index is 29.8. The highest BCUT2D eigenvalue weighted by molar-refractivity contribution is 7.81. The standard InChI is InChI=1S/C3H6F2S/c1-2(6)3(4)5/h2-3,6H,1H3. The minimum atomic E-state index is -2.28. The summed E-state index contributed by atoms with van der Waals surface area (Å²) in [4.78, 5) is 0. The van der Waals surface area contributed by atoms with Gasteiger partial charge in [-0.1, -0.05) is 0 Å². The molecule has 0 bridgehead atoms. The minimum absolute atomic E-state index is 0.787. The first-order valence-electron chi connectivity index (χ1n) is 1.61.